The first-order valence-corrected chi connectivity index (χ1v) is 8.82. The van der Waals surface area contributed by atoms with Crippen molar-refractivity contribution < 1.29 is 13.2 Å². The van der Waals surface area contributed by atoms with Crippen LogP contribution in [0.4, 0.5) is 0 Å². The maximum absolute atomic E-state index is 12.0. The summed E-state index contributed by atoms with van der Waals surface area (Å²) >= 11 is 0. The fourth-order valence-electron chi connectivity index (χ4n) is 1.71. The lowest BCUT2D eigenvalue weighted by Crippen LogP contribution is -2.34. The van der Waals surface area contributed by atoms with Crippen LogP contribution in [0.2, 0.25) is 0 Å². The van der Waals surface area contributed by atoms with Gasteiger partial charge in [0.05, 0.1) is 0 Å². The largest absolute Gasteiger partial charge is 0.355 e. The van der Waals surface area contributed by atoms with Gasteiger partial charge in [-0.2, -0.15) is 0 Å². The molecule has 0 fully saturated rings. The fourth-order valence-corrected chi connectivity index (χ4v) is 2.78. The van der Waals surface area contributed by atoms with Gasteiger partial charge in [0.15, 0.2) is 5.03 Å². The lowest BCUT2D eigenvalue weighted by Gasteiger charge is -2.07. The maximum atomic E-state index is 12.0. The molecule has 1 amide bonds. The van der Waals surface area contributed by atoms with Gasteiger partial charge in [-0.3, -0.25) is 4.79 Å². The van der Waals surface area contributed by atoms with E-state index >= 15 is 0 Å². The first kappa shape index (κ1) is 21.8. The van der Waals surface area contributed by atoms with Gasteiger partial charge in [-0.05, 0) is 19.9 Å². The third-order valence-electron chi connectivity index (χ3n) is 3.06. The summed E-state index contributed by atoms with van der Waals surface area (Å²) < 4.78 is 28.0. The van der Waals surface area contributed by atoms with Gasteiger partial charge in [0.1, 0.15) is 5.82 Å². The van der Waals surface area contributed by atoms with Crippen molar-refractivity contribution in [3.8, 4) is 0 Å². The molecular formula is C13H26ClN5O3S. The Labute approximate surface area is 143 Å². The molecule has 1 aromatic heterocycles. The predicted octanol–water partition coefficient (Wildman–Crippen LogP) is -0.0655. The van der Waals surface area contributed by atoms with Crippen LogP contribution < -0.4 is 15.4 Å². The van der Waals surface area contributed by atoms with Crippen molar-refractivity contribution in [1.29, 1.82) is 0 Å². The van der Waals surface area contributed by atoms with Gasteiger partial charge >= 0.3 is 0 Å². The molecule has 0 aliphatic rings. The number of carbonyl (C=O) groups excluding carboxylic acids is 1. The van der Waals surface area contributed by atoms with E-state index in [4.69, 9.17) is 0 Å². The Morgan fingerprint density at radius 3 is 2.52 bits per heavy atom. The Bertz CT molecular complexity index is 569. The van der Waals surface area contributed by atoms with E-state index in [0.29, 0.717) is 18.9 Å². The molecule has 1 aromatic rings. The van der Waals surface area contributed by atoms with Crippen LogP contribution in [0.1, 0.15) is 25.6 Å². The molecule has 0 aromatic carbocycles. The molecule has 0 spiro atoms. The summed E-state index contributed by atoms with van der Waals surface area (Å²) in [6, 6.07) is 0. The zero-order valence-corrected chi connectivity index (χ0v) is 15.4. The van der Waals surface area contributed by atoms with E-state index in [-0.39, 0.29) is 36.3 Å². The number of nitrogens with zero attached hydrogens (tertiary/aromatic N) is 2. The molecule has 8 nitrogen and oxygen atoms in total. The molecule has 0 atom stereocenters. The molecule has 0 aliphatic heterocycles. The van der Waals surface area contributed by atoms with E-state index in [1.54, 1.807) is 18.5 Å². The molecule has 0 radical (unpaired) electrons. The minimum Gasteiger partial charge on any atom is -0.355 e. The molecule has 1 heterocycles. The van der Waals surface area contributed by atoms with Gasteiger partial charge in [0.25, 0.3) is 10.0 Å². The molecule has 1 rings (SSSR count). The number of amides is 1. The zero-order chi connectivity index (χ0) is 16.6. The molecule has 23 heavy (non-hydrogen) atoms. The predicted molar refractivity (Wildman–Crippen MR) is 91.2 cm³/mol. The molecule has 0 saturated heterocycles. The molecule has 0 aliphatic carbocycles. The highest BCUT2D eigenvalue weighted by atomic mass is 35.5. The smallest absolute Gasteiger partial charge is 0.259 e. The summed E-state index contributed by atoms with van der Waals surface area (Å²) in [4.78, 5) is 15.5. The van der Waals surface area contributed by atoms with Gasteiger partial charge in [0, 0.05) is 39.3 Å². The summed E-state index contributed by atoms with van der Waals surface area (Å²) in [5, 5.41) is 5.86. The van der Waals surface area contributed by atoms with Crippen LogP contribution >= 0.6 is 12.4 Å². The van der Waals surface area contributed by atoms with Crippen molar-refractivity contribution in [3.63, 3.8) is 0 Å². The van der Waals surface area contributed by atoms with E-state index in [2.05, 4.69) is 27.3 Å². The van der Waals surface area contributed by atoms with E-state index < -0.39 is 10.0 Å². The summed E-state index contributed by atoms with van der Waals surface area (Å²) in [5.41, 5.74) is 0. The van der Waals surface area contributed by atoms with Crippen molar-refractivity contribution in [3.05, 3.63) is 12.0 Å². The second-order valence-corrected chi connectivity index (χ2v) is 6.70. The SMILES string of the molecule is CCCNCCNC(=O)CCNS(=O)(=O)c1cn(C)c(C)n1.Cl. The summed E-state index contributed by atoms with van der Waals surface area (Å²) in [5.74, 6) is 0.427. The number of sulfonamides is 1. The van der Waals surface area contributed by atoms with Gasteiger partial charge in [-0.15, -0.1) is 12.4 Å². The summed E-state index contributed by atoms with van der Waals surface area (Å²) in [6.45, 7) is 5.99. The Balaban J connectivity index is 0.00000484. The molecule has 0 unspecified atom stereocenters. The minimum atomic E-state index is -3.66. The van der Waals surface area contributed by atoms with Gasteiger partial charge in [-0.1, -0.05) is 6.92 Å². The third kappa shape index (κ3) is 7.78. The first-order chi connectivity index (χ1) is 10.4. The number of nitrogens with one attached hydrogen (secondary N) is 3. The van der Waals surface area contributed by atoms with Crippen molar-refractivity contribution in [1.82, 2.24) is 24.9 Å². The molecule has 0 saturated carbocycles. The second kappa shape index (κ2) is 10.6. The lowest BCUT2D eigenvalue weighted by molar-refractivity contribution is -0.120. The van der Waals surface area contributed by atoms with Gasteiger partial charge in [0.2, 0.25) is 5.91 Å². The maximum Gasteiger partial charge on any atom is 0.259 e. The van der Waals surface area contributed by atoms with Crippen LogP contribution in [0.5, 0.6) is 0 Å². The van der Waals surface area contributed by atoms with Crippen molar-refractivity contribution in [2.45, 2.75) is 31.7 Å². The fraction of sp³-hybridized carbons (Fsp3) is 0.692. The summed E-state index contributed by atoms with van der Waals surface area (Å²) in [6.07, 6.45) is 2.58. The van der Waals surface area contributed by atoms with Crippen LogP contribution in [0, 0.1) is 6.92 Å². The van der Waals surface area contributed by atoms with Crippen LogP contribution in [-0.4, -0.2) is 50.1 Å². The number of hydrogen-bond donors (Lipinski definition) is 3. The van der Waals surface area contributed by atoms with E-state index in [1.807, 2.05) is 0 Å². The average Bonchev–Trinajstić information content (AvgIpc) is 2.79. The normalized spacial score (nSPS) is 11.1. The van der Waals surface area contributed by atoms with E-state index in [9.17, 15) is 13.2 Å². The quantitative estimate of drug-likeness (QED) is 0.502. The standard InChI is InChI=1S/C13H25N5O3S.ClH/c1-4-6-14-8-9-15-12(19)5-7-16-22(20,21)13-10-18(3)11(2)17-13;/h10,14,16H,4-9H2,1-3H3,(H,15,19);1H. The zero-order valence-electron chi connectivity index (χ0n) is 13.8. The van der Waals surface area contributed by atoms with E-state index in [0.717, 1.165) is 13.0 Å². The molecule has 3 N–H and O–H groups in total. The van der Waals surface area contributed by atoms with Crippen LogP contribution in [0.15, 0.2) is 11.2 Å². The third-order valence-corrected chi connectivity index (χ3v) is 4.39. The molecule has 134 valence electrons. The number of rotatable bonds is 10. The number of halogens is 1. The number of aryl methyl sites for hydroxylation is 2. The minimum absolute atomic E-state index is 0. The van der Waals surface area contributed by atoms with Crippen molar-refractivity contribution in [2.75, 3.05) is 26.2 Å². The monoisotopic (exact) mass is 367 g/mol. The van der Waals surface area contributed by atoms with Crippen LogP contribution in [0.25, 0.3) is 0 Å². The van der Waals surface area contributed by atoms with Crippen molar-refractivity contribution >= 4 is 28.3 Å². The Hall–Kier alpha value is -1.16. The van der Waals surface area contributed by atoms with Gasteiger partial charge < -0.3 is 15.2 Å². The Kier molecular flexibility index (Phi) is 10.1. The Morgan fingerprint density at radius 2 is 1.96 bits per heavy atom. The van der Waals surface area contributed by atoms with Gasteiger partial charge in [-0.25, -0.2) is 18.1 Å². The highest BCUT2D eigenvalue weighted by Crippen LogP contribution is 2.07. The highest BCUT2D eigenvalue weighted by molar-refractivity contribution is 7.89. The first-order valence-electron chi connectivity index (χ1n) is 7.34. The second-order valence-electron chi connectivity index (χ2n) is 4.98. The highest BCUT2D eigenvalue weighted by Gasteiger charge is 2.18. The topological polar surface area (TPSA) is 105 Å². The molecule has 0 bridgehead atoms. The van der Waals surface area contributed by atoms with E-state index in [1.165, 1.54) is 6.20 Å². The van der Waals surface area contributed by atoms with Crippen LogP contribution in [0.3, 0.4) is 0 Å². The number of carbonyl (C=O) groups is 1. The Morgan fingerprint density at radius 1 is 1.26 bits per heavy atom. The lowest BCUT2D eigenvalue weighted by atomic mass is 10.4. The molecular weight excluding hydrogens is 342 g/mol. The van der Waals surface area contributed by atoms with Crippen molar-refractivity contribution in [2.24, 2.45) is 7.05 Å². The number of imidazole rings is 1. The summed E-state index contributed by atoms with van der Waals surface area (Å²) in [7, 11) is -1.94. The average molecular weight is 368 g/mol. The number of aromatic nitrogens is 2. The van der Waals surface area contributed by atoms with Crippen LogP contribution in [-0.2, 0) is 21.9 Å². The number of hydrogen-bond acceptors (Lipinski definition) is 5. The molecule has 10 heteroatoms.